The van der Waals surface area contributed by atoms with Gasteiger partial charge < -0.3 is 24.5 Å². The predicted molar refractivity (Wildman–Crippen MR) is 135 cm³/mol. The van der Waals surface area contributed by atoms with E-state index >= 15 is 8.78 Å². The summed E-state index contributed by atoms with van der Waals surface area (Å²) in [4.78, 5) is 11.8. The van der Waals surface area contributed by atoms with Crippen molar-refractivity contribution in [3.05, 3.63) is 143 Å². The second-order valence-corrected chi connectivity index (χ2v) is 9.14. The summed E-state index contributed by atoms with van der Waals surface area (Å²) in [6.45, 7) is -0.378. The molecule has 1 heterocycles. The molecule has 4 aromatic rings. The molecule has 5 rings (SSSR count). The van der Waals surface area contributed by atoms with E-state index in [0.717, 1.165) is 16.7 Å². The van der Waals surface area contributed by atoms with Crippen LogP contribution >= 0.6 is 0 Å². The number of halogens is 2. The molecule has 1 saturated heterocycles. The fourth-order valence-corrected chi connectivity index (χ4v) is 5.21. The molecule has 0 aliphatic carbocycles. The number of aliphatic hydroxyl groups excluding tert-OH is 1. The number of aromatic carboxylic acids is 1. The topological polar surface area (TPSA) is 78.8 Å². The monoisotopic (exact) mass is 515 g/mol. The van der Waals surface area contributed by atoms with Crippen LogP contribution in [-0.2, 0) is 15.1 Å². The summed E-state index contributed by atoms with van der Waals surface area (Å²) in [5.74, 6) is -7.15. The highest BCUT2D eigenvalue weighted by molar-refractivity contribution is 5.88. The summed E-state index contributed by atoms with van der Waals surface area (Å²) in [5, 5.41) is 21.9. The van der Waals surface area contributed by atoms with Gasteiger partial charge in [0.25, 0.3) is 0 Å². The van der Waals surface area contributed by atoms with Crippen molar-refractivity contribution in [1.29, 1.82) is 0 Å². The van der Waals surface area contributed by atoms with Gasteiger partial charge in [0.05, 0.1) is 24.6 Å². The highest BCUT2D eigenvalue weighted by atomic mass is 19.3. The third-order valence-corrected chi connectivity index (χ3v) is 6.94. The number of hydrogen-bond acceptors (Lipinski definition) is 5. The molecule has 0 bridgehead atoms. The number of hydrogen-bond donors (Lipinski definition) is 1. The summed E-state index contributed by atoms with van der Waals surface area (Å²) in [5.41, 5.74) is 0.486. The lowest BCUT2D eigenvalue weighted by Crippen LogP contribution is -2.39. The van der Waals surface area contributed by atoms with Crippen LogP contribution in [0.15, 0.2) is 115 Å². The second kappa shape index (κ2) is 10.5. The standard InChI is InChI=1S/C31H26F2O5/c32-31(33)27(24-18-10-11-19-25(24)28(34)35)26(38-29(31)36)20-37-30(21-12-4-1-5-13-21,22-14-6-2-7-15-22)23-16-8-3-9-17-23/h1-19,26-27,29,36H,20H2,(H,34,35)/p-1/t26-,27+,29?/m0/s1. The molecule has 0 spiro atoms. The minimum Gasteiger partial charge on any atom is -0.545 e. The molecule has 1 aliphatic rings. The molecule has 1 fully saturated rings. The molecule has 1 aliphatic heterocycles. The number of rotatable bonds is 8. The van der Waals surface area contributed by atoms with Gasteiger partial charge in [0.15, 0.2) is 0 Å². The Morgan fingerprint density at radius 3 is 1.74 bits per heavy atom. The van der Waals surface area contributed by atoms with E-state index in [9.17, 15) is 15.0 Å². The second-order valence-electron chi connectivity index (χ2n) is 9.14. The Morgan fingerprint density at radius 2 is 1.26 bits per heavy atom. The molecular formula is C31H25F2O5-. The van der Waals surface area contributed by atoms with Gasteiger partial charge in [-0.2, -0.15) is 0 Å². The Kier molecular flexibility index (Phi) is 7.08. The summed E-state index contributed by atoms with van der Waals surface area (Å²) in [6, 6.07) is 33.5. The Balaban J connectivity index is 1.62. The molecule has 0 radical (unpaired) electrons. The molecule has 0 saturated carbocycles. The zero-order valence-electron chi connectivity index (χ0n) is 20.2. The number of benzene rings is 4. The molecule has 0 aromatic heterocycles. The van der Waals surface area contributed by atoms with Crippen molar-refractivity contribution in [2.45, 2.75) is 29.8 Å². The molecule has 1 N–H and O–H groups in total. The van der Waals surface area contributed by atoms with Crippen LogP contribution in [-0.4, -0.2) is 36.0 Å². The third kappa shape index (κ3) is 4.49. The van der Waals surface area contributed by atoms with E-state index in [2.05, 4.69) is 0 Å². The molecule has 5 nitrogen and oxygen atoms in total. The van der Waals surface area contributed by atoms with Gasteiger partial charge in [-0.15, -0.1) is 0 Å². The largest absolute Gasteiger partial charge is 0.545 e. The quantitative estimate of drug-likeness (QED) is 0.350. The predicted octanol–water partition coefficient (Wildman–Crippen LogP) is 4.49. The van der Waals surface area contributed by atoms with Gasteiger partial charge in [0.1, 0.15) is 5.60 Å². The average Bonchev–Trinajstić information content (AvgIpc) is 3.18. The van der Waals surface area contributed by atoms with Crippen molar-refractivity contribution in [2.24, 2.45) is 0 Å². The lowest BCUT2D eigenvalue weighted by atomic mass is 9.80. The van der Waals surface area contributed by atoms with Gasteiger partial charge in [-0.3, -0.25) is 0 Å². The third-order valence-electron chi connectivity index (χ3n) is 6.94. The Labute approximate surface area is 218 Å². The molecule has 0 amide bonds. The van der Waals surface area contributed by atoms with E-state index in [4.69, 9.17) is 9.47 Å². The first-order chi connectivity index (χ1) is 18.4. The average molecular weight is 516 g/mol. The zero-order chi connectivity index (χ0) is 26.8. The van der Waals surface area contributed by atoms with Crippen molar-refractivity contribution in [2.75, 3.05) is 6.61 Å². The van der Waals surface area contributed by atoms with Crippen molar-refractivity contribution in [3.63, 3.8) is 0 Å². The molecule has 7 heteroatoms. The van der Waals surface area contributed by atoms with E-state index < -0.39 is 35.8 Å². The van der Waals surface area contributed by atoms with Crippen LogP contribution in [0.25, 0.3) is 0 Å². The minimum absolute atomic E-state index is 0.188. The maximum Gasteiger partial charge on any atom is 0.307 e. The Bertz CT molecular complexity index is 1280. The lowest BCUT2D eigenvalue weighted by Gasteiger charge is -2.37. The van der Waals surface area contributed by atoms with Crippen LogP contribution in [0, 0.1) is 0 Å². The van der Waals surface area contributed by atoms with E-state index in [1.165, 1.54) is 24.3 Å². The number of alkyl halides is 2. The van der Waals surface area contributed by atoms with Crippen LogP contribution in [0.2, 0.25) is 0 Å². The van der Waals surface area contributed by atoms with Gasteiger partial charge in [-0.25, -0.2) is 8.78 Å². The Hall–Kier alpha value is -3.91. The summed E-state index contributed by atoms with van der Waals surface area (Å²) in [7, 11) is 0. The SMILES string of the molecule is O=C([O-])c1ccccc1[C@@H]1[C@H](COC(c2ccccc2)(c2ccccc2)c2ccccc2)OC(O)C1(F)F. The van der Waals surface area contributed by atoms with Crippen LogP contribution < -0.4 is 5.11 Å². The fourth-order valence-electron chi connectivity index (χ4n) is 5.21. The number of ether oxygens (including phenoxy) is 2. The summed E-state index contributed by atoms with van der Waals surface area (Å²) >= 11 is 0. The molecule has 1 unspecified atom stereocenters. The molecule has 194 valence electrons. The van der Waals surface area contributed by atoms with Crippen LogP contribution in [0.4, 0.5) is 8.78 Å². The molecule has 4 aromatic carbocycles. The summed E-state index contributed by atoms with van der Waals surface area (Å²) in [6.07, 6.45) is -3.80. The van der Waals surface area contributed by atoms with Crippen LogP contribution in [0.3, 0.4) is 0 Å². The first kappa shape index (κ1) is 25.7. The van der Waals surface area contributed by atoms with Crippen molar-refractivity contribution < 1.29 is 33.3 Å². The van der Waals surface area contributed by atoms with Gasteiger partial charge in [0, 0.05) is 5.56 Å². The van der Waals surface area contributed by atoms with E-state index in [1.54, 1.807) is 0 Å². The molecule has 38 heavy (non-hydrogen) atoms. The van der Waals surface area contributed by atoms with Crippen molar-refractivity contribution in [3.8, 4) is 0 Å². The van der Waals surface area contributed by atoms with Crippen LogP contribution in [0.5, 0.6) is 0 Å². The van der Waals surface area contributed by atoms with E-state index in [1.807, 2.05) is 91.0 Å². The highest BCUT2D eigenvalue weighted by Crippen LogP contribution is 2.49. The van der Waals surface area contributed by atoms with Crippen LogP contribution in [0.1, 0.15) is 38.5 Å². The van der Waals surface area contributed by atoms with Gasteiger partial charge in [-0.05, 0) is 22.3 Å². The van der Waals surface area contributed by atoms with Gasteiger partial charge in [0.2, 0.25) is 6.29 Å². The number of carboxylic acid groups (broad SMARTS) is 1. The minimum atomic E-state index is -3.77. The number of carbonyl (C=O) groups is 1. The van der Waals surface area contributed by atoms with Gasteiger partial charge in [-0.1, -0.05) is 115 Å². The first-order valence-electron chi connectivity index (χ1n) is 12.2. The number of carboxylic acids is 1. The maximum atomic E-state index is 15.3. The maximum absolute atomic E-state index is 15.3. The fraction of sp³-hybridized carbons (Fsp3) is 0.194. The number of aliphatic hydroxyl groups is 1. The first-order valence-corrected chi connectivity index (χ1v) is 12.2. The van der Waals surface area contributed by atoms with Crippen molar-refractivity contribution >= 4 is 5.97 Å². The smallest absolute Gasteiger partial charge is 0.307 e. The van der Waals surface area contributed by atoms with E-state index in [-0.39, 0.29) is 17.7 Å². The lowest BCUT2D eigenvalue weighted by molar-refractivity contribution is -0.255. The molecule has 3 atom stereocenters. The Morgan fingerprint density at radius 1 is 0.816 bits per heavy atom. The summed E-state index contributed by atoms with van der Waals surface area (Å²) < 4.78 is 42.6. The molecular weight excluding hydrogens is 490 g/mol. The normalized spacial score (nSPS) is 20.8. The highest BCUT2D eigenvalue weighted by Gasteiger charge is 2.60. The zero-order valence-corrected chi connectivity index (χ0v) is 20.2. The number of carbonyl (C=O) groups excluding carboxylic acids is 1. The van der Waals surface area contributed by atoms with Crippen molar-refractivity contribution in [1.82, 2.24) is 0 Å². The van der Waals surface area contributed by atoms with Gasteiger partial charge >= 0.3 is 5.92 Å². The van der Waals surface area contributed by atoms with E-state index in [0.29, 0.717) is 0 Å².